The summed E-state index contributed by atoms with van der Waals surface area (Å²) in [6, 6.07) is 57.4. The van der Waals surface area contributed by atoms with E-state index in [1.54, 1.807) is 0 Å². The third kappa shape index (κ3) is 5.75. The van der Waals surface area contributed by atoms with E-state index in [2.05, 4.69) is 113 Å². The molecule has 1 fully saturated rings. The molecule has 258 valence electrons. The highest BCUT2D eigenvalue weighted by Gasteiger charge is 2.36. The van der Waals surface area contributed by atoms with Crippen LogP contribution in [0.2, 0.25) is 0 Å². The summed E-state index contributed by atoms with van der Waals surface area (Å²) in [6.07, 6.45) is 5.71. The average molecular weight is 713 g/mol. The summed E-state index contributed by atoms with van der Waals surface area (Å²) < 4.78 is 0. The van der Waals surface area contributed by atoms with Crippen LogP contribution in [0.1, 0.15) is 48.8 Å². The van der Waals surface area contributed by atoms with E-state index < -0.39 is 0 Å². The van der Waals surface area contributed by atoms with Gasteiger partial charge in [0, 0.05) is 32.0 Å². The van der Waals surface area contributed by atoms with Crippen LogP contribution in [0.5, 0.6) is 0 Å². The van der Waals surface area contributed by atoms with E-state index in [1.165, 1.54) is 51.6 Å². The van der Waals surface area contributed by atoms with Gasteiger partial charge in [0.25, 0.3) is 0 Å². The first kappa shape index (κ1) is 33.4. The van der Waals surface area contributed by atoms with Crippen molar-refractivity contribution in [2.45, 2.75) is 47.3 Å². The zero-order chi connectivity index (χ0) is 36.5. The van der Waals surface area contributed by atoms with E-state index in [1.807, 2.05) is 72.4 Å². The molecule has 0 radical (unpaired) electrons. The van der Waals surface area contributed by atoms with Crippen molar-refractivity contribution in [2.75, 3.05) is 4.90 Å². The van der Waals surface area contributed by atoms with Gasteiger partial charge >= 0.3 is 0 Å². The molecule has 1 saturated carbocycles. The standard InChI is InChI=1S/C49H36N4S/c1-51-48-45(40(33-50)46(35-15-5-2-6-16-35)52-47(48)36-17-7-3-8-18-36)34-23-25-37(26-24-34)49(31-13-4-14-32-49)38-27-29-39(30-28-38)53-41-19-9-11-21-43(41)54-44-22-12-10-20-42(44)53/h2-3,5-12,15-30H,4,13-14,31-32H2. The van der Waals surface area contributed by atoms with E-state index in [-0.39, 0.29) is 5.41 Å². The quantitative estimate of drug-likeness (QED) is 0.161. The molecule has 0 bridgehead atoms. The zero-order valence-corrected chi connectivity index (χ0v) is 30.6. The molecule has 0 N–H and O–H groups in total. The van der Waals surface area contributed by atoms with Crippen LogP contribution >= 0.6 is 11.8 Å². The van der Waals surface area contributed by atoms with Gasteiger partial charge in [-0.25, -0.2) is 4.85 Å². The van der Waals surface area contributed by atoms with Crippen molar-refractivity contribution in [2.24, 2.45) is 0 Å². The Hall–Kier alpha value is -6.40. The number of pyridine rings is 1. The molecule has 1 aromatic heterocycles. The van der Waals surface area contributed by atoms with Crippen LogP contribution in [0.25, 0.3) is 38.5 Å². The summed E-state index contributed by atoms with van der Waals surface area (Å²) in [5.41, 5.74) is 11.2. The largest absolute Gasteiger partial charge is 0.308 e. The first-order valence-corrected chi connectivity index (χ1v) is 19.3. The Kier molecular flexibility index (Phi) is 8.79. The number of hydrogen-bond donors (Lipinski definition) is 0. The van der Waals surface area contributed by atoms with Gasteiger partial charge in [0.05, 0.1) is 34.9 Å². The smallest absolute Gasteiger partial charge is 0.221 e. The summed E-state index contributed by atoms with van der Waals surface area (Å²) in [5.74, 6) is 0. The topological polar surface area (TPSA) is 44.3 Å². The maximum absolute atomic E-state index is 10.7. The van der Waals surface area contributed by atoms with Crippen molar-refractivity contribution in [3.63, 3.8) is 0 Å². The second kappa shape index (κ2) is 14.2. The number of rotatable bonds is 6. The van der Waals surface area contributed by atoms with Crippen molar-refractivity contribution in [3.05, 3.63) is 186 Å². The van der Waals surface area contributed by atoms with Gasteiger partial charge in [-0.2, -0.15) is 5.26 Å². The van der Waals surface area contributed by atoms with Crippen molar-refractivity contribution < 1.29 is 0 Å². The number of fused-ring (bicyclic) bond motifs is 2. The van der Waals surface area contributed by atoms with Crippen molar-refractivity contribution in [1.29, 1.82) is 5.26 Å². The molecule has 1 aliphatic carbocycles. The molecular weight excluding hydrogens is 677 g/mol. The average Bonchev–Trinajstić information content (AvgIpc) is 3.25. The molecule has 7 aromatic rings. The molecule has 9 rings (SSSR count). The molecule has 2 heterocycles. The summed E-state index contributed by atoms with van der Waals surface area (Å²) in [4.78, 5) is 14.0. The monoisotopic (exact) mass is 712 g/mol. The number of nitriles is 1. The van der Waals surface area contributed by atoms with E-state index in [4.69, 9.17) is 11.6 Å². The van der Waals surface area contributed by atoms with Crippen LogP contribution in [0, 0.1) is 17.9 Å². The van der Waals surface area contributed by atoms with E-state index >= 15 is 0 Å². The minimum absolute atomic E-state index is 0.133. The fraction of sp³-hybridized carbons (Fsp3) is 0.122. The van der Waals surface area contributed by atoms with Crippen molar-refractivity contribution in [3.8, 4) is 39.7 Å². The second-order valence-corrected chi connectivity index (χ2v) is 15.1. The molecular formula is C49H36N4S. The Morgan fingerprint density at radius 1 is 0.593 bits per heavy atom. The molecule has 0 saturated heterocycles. The normalized spacial score (nSPS) is 14.3. The van der Waals surface area contributed by atoms with E-state index in [9.17, 15) is 5.26 Å². The Balaban J connectivity index is 1.14. The predicted octanol–water partition coefficient (Wildman–Crippen LogP) is 13.7. The maximum Gasteiger partial charge on any atom is 0.221 e. The van der Waals surface area contributed by atoms with Crippen molar-refractivity contribution in [1.82, 2.24) is 4.98 Å². The van der Waals surface area contributed by atoms with Crippen molar-refractivity contribution >= 4 is 34.5 Å². The molecule has 0 amide bonds. The van der Waals surface area contributed by atoms with Crippen LogP contribution in [-0.4, -0.2) is 4.98 Å². The number of hydrogen-bond acceptors (Lipinski definition) is 4. The lowest BCUT2D eigenvalue weighted by Crippen LogP contribution is -2.30. The number of aromatic nitrogens is 1. The Morgan fingerprint density at radius 2 is 1.11 bits per heavy atom. The Labute approximate surface area is 321 Å². The van der Waals surface area contributed by atoms with E-state index in [0.717, 1.165) is 35.2 Å². The van der Waals surface area contributed by atoms with Crippen LogP contribution in [-0.2, 0) is 5.41 Å². The minimum Gasteiger partial charge on any atom is -0.308 e. The molecule has 2 aliphatic rings. The number of para-hydroxylation sites is 2. The highest BCUT2D eigenvalue weighted by atomic mass is 32.2. The maximum atomic E-state index is 10.7. The lowest BCUT2D eigenvalue weighted by molar-refractivity contribution is 0.346. The van der Waals surface area contributed by atoms with Gasteiger partial charge in [0.15, 0.2) is 0 Å². The summed E-state index contributed by atoms with van der Waals surface area (Å²) >= 11 is 1.83. The van der Waals surface area contributed by atoms with Gasteiger partial charge < -0.3 is 4.90 Å². The Bertz CT molecular complexity index is 2440. The third-order valence-electron chi connectivity index (χ3n) is 11.0. The first-order chi connectivity index (χ1) is 26.7. The SMILES string of the molecule is [C-]#[N+]c1c(-c2ccccc2)nc(-c2ccccc2)c(C#N)c1-c1ccc(C2(c3ccc(N4c5ccccc5Sc5ccccc54)cc3)CCCCC2)cc1. The molecule has 5 heteroatoms. The summed E-state index contributed by atoms with van der Waals surface area (Å²) in [6.45, 7) is 8.36. The summed E-state index contributed by atoms with van der Waals surface area (Å²) in [7, 11) is 0. The fourth-order valence-electron chi connectivity index (χ4n) is 8.44. The van der Waals surface area contributed by atoms with Gasteiger partial charge in [-0.1, -0.05) is 152 Å². The third-order valence-corrected chi connectivity index (χ3v) is 12.2. The zero-order valence-electron chi connectivity index (χ0n) is 29.7. The summed E-state index contributed by atoms with van der Waals surface area (Å²) in [5, 5.41) is 10.7. The first-order valence-electron chi connectivity index (χ1n) is 18.5. The van der Waals surface area contributed by atoms with Gasteiger partial charge in [-0.15, -0.1) is 0 Å². The molecule has 0 spiro atoms. The fourth-order valence-corrected chi connectivity index (χ4v) is 9.50. The minimum atomic E-state index is -0.133. The van der Waals surface area contributed by atoms with Crippen LogP contribution < -0.4 is 4.90 Å². The lowest BCUT2D eigenvalue weighted by atomic mass is 9.65. The number of benzene rings is 6. The lowest BCUT2D eigenvalue weighted by Gasteiger charge is -2.39. The van der Waals surface area contributed by atoms with E-state index in [0.29, 0.717) is 28.2 Å². The Morgan fingerprint density at radius 3 is 1.67 bits per heavy atom. The second-order valence-electron chi connectivity index (χ2n) is 14.0. The van der Waals surface area contributed by atoms with Crippen LogP contribution in [0.15, 0.2) is 168 Å². The number of nitrogens with zero attached hydrogens (tertiary/aromatic N) is 4. The molecule has 54 heavy (non-hydrogen) atoms. The van der Waals surface area contributed by atoms with Crippen LogP contribution in [0.3, 0.4) is 0 Å². The highest BCUT2D eigenvalue weighted by molar-refractivity contribution is 7.99. The molecule has 6 aromatic carbocycles. The van der Waals surface area contributed by atoms with Crippen LogP contribution in [0.4, 0.5) is 22.7 Å². The highest BCUT2D eigenvalue weighted by Crippen LogP contribution is 2.52. The predicted molar refractivity (Wildman–Crippen MR) is 221 cm³/mol. The molecule has 1 aliphatic heterocycles. The molecule has 0 atom stereocenters. The van der Waals surface area contributed by atoms with Gasteiger partial charge in [0.1, 0.15) is 6.07 Å². The molecule has 0 unspecified atom stereocenters. The number of anilines is 3. The van der Waals surface area contributed by atoms with Gasteiger partial charge in [-0.05, 0) is 71.5 Å². The molecule has 4 nitrogen and oxygen atoms in total. The van der Waals surface area contributed by atoms with Gasteiger partial charge in [-0.3, -0.25) is 4.98 Å². The van der Waals surface area contributed by atoms with Gasteiger partial charge in [0.2, 0.25) is 5.69 Å².